The van der Waals surface area contributed by atoms with Crippen LogP contribution in [-0.4, -0.2) is 27.6 Å². The minimum atomic E-state index is 0.0426. The van der Waals surface area contributed by atoms with Gasteiger partial charge in [-0.15, -0.1) is 0 Å². The molecule has 0 aliphatic rings. The molecule has 0 unspecified atom stereocenters. The minimum absolute atomic E-state index is 0.0426. The molecule has 1 aromatic heterocycles. The van der Waals surface area contributed by atoms with Crippen LogP contribution in [0.25, 0.3) is 0 Å². The summed E-state index contributed by atoms with van der Waals surface area (Å²) >= 11 is 1.65. The van der Waals surface area contributed by atoms with Gasteiger partial charge in [0, 0.05) is 0 Å². The lowest BCUT2D eigenvalue weighted by atomic mass is 10.3. The molecule has 0 aliphatic heterocycles. The number of hydrogen-bond acceptors (Lipinski definition) is 3. The molecule has 84 valence electrons. The molecule has 4 nitrogen and oxygen atoms in total. The van der Waals surface area contributed by atoms with E-state index in [1.54, 1.807) is 11.8 Å². The minimum Gasteiger partial charge on any atom is -0.322 e. The summed E-state index contributed by atoms with van der Waals surface area (Å²) in [5.41, 5.74) is 2.56. The van der Waals surface area contributed by atoms with Crippen LogP contribution in [0.3, 0.4) is 0 Å². The van der Waals surface area contributed by atoms with Crippen molar-refractivity contribution in [1.82, 2.24) is 10.2 Å². The zero-order chi connectivity index (χ0) is 11.3. The van der Waals surface area contributed by atoms with Crippen LogP contribution < -0.4 is 5.32 Å². The predicted molar refractivity (Wildman–Crippen MR) is 64.3 cm³/mol. The molecule has 0 bridgehead atoms. The van der Waals surface area contributed by atoms with E-state index in [4.69, 9.17) is 0 Å². The number of thioether (sulfide) groups is 1. The standard InChI is InChI=1S/C10H17N3OS/c1-4-5-15-6-9(14)11-10-7(2)12-13-8(10)3/h4-6H2,1-3H3,(H,11,14)(H,12,13). The van der Waals surface area contributed by atoms with Crippen molar-refractivity contribution < 1.29 is 4.79 Å². The zero-order valence-corrected chi connectivity index (χ0v) is 10.2. The third-order valence-electron chi connectivity index (χ3n) is 1.97. The zero-order valence-electron chi connectivity index (χ0n) is 9.39. The smallest absolute Gasteiger partial charge is 0.234 e. The number of aryl methyl sites for hydroxylation is 2. The molecule has 0 saturated heterocycles. The van der Waals surface area contributed by atoms with Gasteiger partial charge in [-0.25, -0.2) is 0 Å². The molecule has 15 heavy (non-hydrogen) atoms. The van der Waals surface area contributed by atoms with Gasteiger partial charge in [-0.3, -0.25) is 9.89 Å². The second-order valence-electron chi connectivity index (χ2n) is 3.41. The number of H-pyrrole nitrogens is 1. The van der Waals surface area contributed by atoms with Crippen molar-refractivity contribution in [2.75, 3.05) is 16.8 Å². The fourth-order valence-corrected chi connectivity index (χ4v) is 1.91. The van der Waals surface area contributed by atoms with Crippen LogP contribution in [0, 0.1) is 13.8 Å². The van der Waals surface area contributed by atoms with Crippen LogP contribution in [0.2, 0.25) is 0 Å². The van der Waals surface area contributed by atoms with Crippen molar-refractivity contribution in [3.05, 3.63) is 11.4 Å². The van der Waals surface area contributed by atoms with Crippen LogP contribution in [0.1, 0.15) is 24.7 Å². The van der Waals surface area contributed by atoms with Gasteiger partial charge in [-0.05, 0) is 26.0 Å². The third-order valence-corrected chi connectivity index (χ3v) is 3.14. The quantitative estimate of drug-likeness (QED) is 0.757. The van der Waals surface area contributed by atoms with E-state index in [0.717, 1.165) is 29.2 Å². The van der Waals surface area contributed by atoms with E-state index in [1.165, 1.54) is 0 Å². The molecule has 1 aromatic rings. The first-order chi connectivity index (χ1) is 7.15. The molecule has 5 heteroatoms. The van der Waals surface area contributed by atoms with E-state index >= 15 is 0 Å². The number of nitrogens with zero attached hydrogens (tertiary/aromatic N) is 1. The van der Waals surface area contributed by atoms with Gasteiger partial charge in [-0.1, -0.05) is 6.92 Å². The van der Waals surface area contributed by atoms with Crippen LogP contribution in [0.15, 0.2) is 0 Å². The number of aromatic nitrogens is 2. The van der Waals surface area contributed by atoms with Crippen LogP contribution >= 0.6 is 11.8 Å². The van der Waals surface area contributed by atoms with Crippen molar-refractivity contribution in [3.8, 4) is 0 Å². The fraction of sp³-hybridized carbons (Fsp3) is 0.600. The molecule has 0 aliphatic carbocycles. The summed E-state index contributed by atoms with van der Waals surface area (Å²) < 4.78 is 0. The van der Waals surface area contributed by atoms with Gasteiger partial charge >= 0.3 is 0 Å². The summed E-state index contributed by atoms with van der Waals surface area (Å²) in [6, 6.07) is 0. The Morgan fingerprint density at radius 3 is 2.80 bits per heavy atom. The lowest BCUT2D eigenvalue weighted by Gasteiger charge is -2.04. The summed E-state index contributed by atoms with van der Waals surface area (Å²) in [7, 11) is 0. The maximum atomic E-state index is 11.5. The molecule has 1 heterocycles. The van der Waals surface area contributed by atoms with Crippen LogP contribution in [-0.2, 0) is 4.79 Å². The van der Waals surface area contributed by atoms with Crippen molar-refractivity contribution >= 4 is 23.4 Å². The van der Waals surface area contributed by atoms with E-state index in [-0.39, 0.29) is 5.91 Å². The second-order valence-corrected chi connectivity index (χ2v) is 4.51. The average molecular weight is 227 g/mol. The highest BCUT2D eigenvalue weighted by atomic mass is 32.2. The largest absolute Gasteiger partial charge is 0.322 e. The topological polar surface area (TPSA) is 57.8 Å². The summed E-state index contributed by atoms with van der Waals surface area (Å²) in [6.45, 7) is 5.88. The van der Waals surface area contributed by atoms with E-state index in [9.17, 15) is 4.79 Å². The summed E-state index contributed by atoms with van der Waals surface area (Å²) in [5.74, 6) is 1.58. The van der Waals surface area contributed by atoms with Gasteiger partial charge in [0.2, 0.25) is 5.91 Å². The molecule has 0 spiro atoms. The number of hydrogen-bond donors (Lipinski definition) is 2. The Morgan fingerprint density at radius 2 is 2.27 bits per heavy atom. The number of nitrogens with one attached hydrogen (secondary N) is 2. The van der Waals surface area contributed by atoms with Gasteiger partial charge in [0.25, 0.3) is 0 Å². The SMILES string of the molecule is CCCSCC(=O)Nc1c(C)n[nH]c1C. The van der Waals surface area contributed by atoms with E-state index in [1.807, 2.05) is 13.8 Å². The number of anilines is 1. The number of rotatable bonds is 5. The normalized spacial score (nSPS) is 10.3. The van der Waals surface area contributed by atoms with E-state index < -0.39 is 0 Å². The summed E-state index contributed by atoms with van der Waals surface area (Å²) in [5, 5.41) is 9.72. The Bertz CT molecular complexity index is 316. The van der Waals surface area contributed by atoms with Crippen LogP contribution in [0.4, 0.5) is 5.69 Å². The van der Waals surface area contributed by atoms with Gasteiger partial charge in [0.1, 0.15) is 0 Å². The molecule has 0 atom stereocenters. The lowest BCUT2D eigenvalue weighted by Crippen LogP contribution is -2.15. The first-order valence-corrected chi connectivity index (χ1v) is 6.19. The Labute approximate surface area is 94.2 Å². The molecule has 0 radical (unpaired) electrons. The van der Waals surface area contributed by atoms with Crippen molar-refractivity contribution in [2.24, 2.45) is 0 Å². The second kappa shape index (κ2) is 5.80. The van der Waals surface area contributed by atoms with Crippen LogP contribution in [0.5, 0.6) is 0 Å². The Hall–Kier alpha value is -0.970. The van der Waals surface area contributed by atoms with Crippen molar-refractivity contribution in [2.45, 2.75) is 27.2 Å². The number of amides is 1. The maximum Gasteiger partial charge on any atom is 0.234 e. The van der Waals surface area contributed by atoms with Gasteiger partial charge in [-0.2, -0.15) is 16.9 Å². The number of carbonyl (C=O) groups excluding carboxylic acids is 1. The Balaban J connectivity index is 2.44. The van der Waals surface area contributed by atoms with Gasteiger partial charge < -0.3 is 5.32 Å². The molecular weight excluding hydrogens is 210 g/mol. The molecule has 1 rings (SSSR count). The maximum absolute atomic E-state index is 11.5. The Kier molecular flexibility index (Phi) is 4.68. The molecule has 2 N–H and O–H groups in total. The van der Waals surface area contributed by atoms with Gasteiger partial charge in [0.05, 0.1) is 22.8 Å². The molecule has 0 saturated carbocycles. The highest BCUT2D eigenvalue weighted by Crippen LogP contribution is 2.16. The highest BCUT2D eigenvalue weighted by molar-refractivity contribution is 7.99. The molecular formula is C10H17N3OS. The van der Waals surface area contributed by atoms with E-state index in [2.05, 4.69) is 22.4 Å². The molecule has 1 amide bonds. The number of carbonyl (C=O) groups is 1. The van der Waals surface area contributed by atoms with E-state index in [0.29, 0.717) is 5.75 Å². The predicted octanol–water partition coefficient (Wildman–Crippen LogP) is 2.11. The number of aromatic amines is 1. The summed E-state index contributed by atoms with van der Waals surface area (Å²) in [6.07, 6.45) is 1.10. The average Bonchev–Trinajstić information content (AvgIpc) is 2.50. The monoisotopic (exact) mass is 227 g/mol. The summed E-state index contributed by atoms with van der Waals surface area (Å²) in [4.78, 5) is 11.5. The first kappa shape index (κ1) is 12.1. The molecule has 0 aromatic carbocycles. The third kappa shape index (κ3) is 3.58. The lowest BCUT2D eigenvalue weighted by molar-refractivity contribution is -0.113. The first-order valence-electron chi connectivity index (χ1n) is 5.04. The highest BCUT2D eigenvalue weighted by Gasteiger charge is 2.09. The van der Waals surface area contributed by atoms with Crippen molar-refractivity contribution in [1.29, 1.82) is 0 Å². The fourth-order valence-electron chi connectivity index (χ4n) is 1.22. The van der Waals surface area contributed by atoms with Crippen molar-refractivity contribution in [3.63, 3.8) is 0 Å². The molecule has 0 fully saturated rings. The van der Waals surface area contributed by atoms with Gasteiger partial charge in [0.15, 0.2) is 0 Å². The Morgan fingerprint density at radius 1 is 1.53 bits per heavy atom.